The van der Waals surface area contributed by atoms with Gasteiger partial charge in [0.1, 0.15) is 5.75 Å². The van der Waals surface area contributed by atoms with Crippen molar-refractivity contribution in [2.45, 2.75) is 25.8 Å². The van der Waals surface area contributed by atoms with Crippen LogP contribution in [0.5, 0.6) is 5.75 Å². The van der Waals surface area contributed by atoms with Crippen molar-refractivity contribution in [1.82, 2.24) is 4.90 Å². The first-order valence-electron chi connectivity index (χ1n) is 6.68. The predicted octanol–water partition coefficient (Wildman–Crippen LogP) is 2.17. The number of carbonyl (C=O) groups excluding carboxylic acids is 1. The molecule has 0 atom stereocenters. The minimum absolute atomic E-state index is 0.0705. The van der Waals surface area contributed by atoms with Gasteiger partial charge in [0.15, 0.2) is 0 Å². The summed E-state index contributed by atoms with van der Waals surface area (Å²) in [5.41, 5.74) is 7.27. The van der Waals surface area contributed by atoms with E-state index in [0.717, 1.165) is 31.5 Å². The highest BCUT2D eigenvalue weighted by Crippen LogP contribution is 2.28. The van der Waals surface area contributed by atoms with Crippen LogP contribution in [-0.2, 0) is 6.54 Å². The lowest BCUT2D eigenvalue weighted by Gasteiger charge is -2.27. The number of nitrogens with zero attached hydrogens (tertiary/aromatic N) is 1. The van der Waals surface area contributed by atoms with E-state index < -0.39 is 0 Å². The number of nitrogens with two attached hydrogens (primary N) is 1. The van der Waals surface area contributed by atoms with Crippen LogP contribution in [0.3, 0.4) is 0 Å². The van der Waals surface area contributed by atoms with Crippen molar-refractivity contribution >= 4 is 11.7 Å². The monoisotopic (exact) mass is 263 g/mol. The van der Waals surface area contributed by atoms with Crippen LogP contribution in [0.1, 0.15) is 24.8 Å². The maximum atomic E-state index is 12.2. The fraction of sp³-hybridized carbons (Fsp3) is 0.500. The summed E-state index contributed by atoms with van der Waals surface area (Å²) >= 11 is 0. The fourth-order valence-corrected chi connectivity index (χ4v) is 2.34. The number of hydrogen-bond donors (Lipinski definition) is 2. The van der Waals surface area contributed by atoms with Gasteiger partial charge in [0.2, 0.25) is 0 Å². The number of nitrogens with one attached hydrogen (secondary N) is 1. The number of methoxy groups -OCH3 is 1. The molecular weight excluding hydrogens is 242 g/mol. The Morgan fingerprint density at radius 1 is 1.37 bits per heavy atom. The van der Waals surface area contributed by atoms with Gasteiger partial charge in [-0.25, -0.2) is 4.79 Å². The summed E-state index contributed by atoms with van der Waals surface area (Å²) < 4.78 is 5.29. The minimum atomic E-state index is -0.0705. The summed E-state index contributed by atoms with van der Waals surface area (Å²) in [5, 5.41) is 2.93. The van der Waals surface area contributed by atoms with Crippen LogP contribution < -0.4 is 15.8 Å². The Hall–Kier alpha value is -1.75. The molecule has 1 aliphatic heterocycles. The molecule has 104 valence electrons. The molecule has 2 amide bonds. The van der Waals surface area contributed by atoms with Gasteiger partial charge in [0, 0.05) is 19.6 Å². The van der Waals surface area contributed by atoms with Gasteiger partial charge in [-0.05, 0) is 30.9 Å². The number of rotatable bonds is 3. The summed E-state index contributed by atoms with van der Waals surface area (Å²) in [6.07, 6.45) is 3.35. The van der Waals surface area contributed by atoms with E-state index >= 15 is 0 Å². The van der Waals surface area contributed by atoms with Crippen molar-refractivity contribution in [2.75, 3.05) is 25.5 Å². The van der Waals surface area contributed by atoms with E-state index in [1.807, 2.05) is 23.1 Å². The average molecular weight is 263 g/mol. The maximum absolute atomic E-state index is 12.2. The quantitative estimate of drug-likeness (QED) is 0.878. The van der Waals surface area contributed by atoms with Crippen molar-refractivity contribution < 1.29 is 9.53 Å². The summed E-state index contributed by atoms with van der Waals surface area (Å²) in [6.45, 7) is 2.00. The molecular formula is C14H21N3O2. The van der Waals surface area contributed by atoms with E-state index in [9.17, 15) is 4.79 Å². The van der Waals surface area contributed by atoms with Crippen molar-refractivity contribution in [1.29, 1.82) is 0 Å². The Labute approximate surface area is 113 Å². The molecule has 0 aliphatic carbocycles. The zero-order valence-electron chi connectivity index (χ0n) is 11.3. The van der Waals surface area contributed by atoms with E-state index in [1.54, 1.807) is 7.11 Å². The number of carbonyl (C=O) groups is 1. The number of ether oxygens (including phenoxy) is 1. The Balaban J connectivity index is 2.15. The lowest BCUT2D eigenvalue weighted by Crippen LogP contribution is -2.39. The predicted molar refractivity (Wildman–Crippen MR) is 75.3 cm³/mol. The van der Waals surface area contributed by atoms with Gasteiger partial charge in [-0.2, -0.15) is 0 Å². The molecule has 5 heteroatoms. The van der Waals surface area contributed by atoms with Crippen molar-refractivity contribution in [2.24, 2.45) is 5.73 Å². The number of para-hydroxylation sites is 1. The van der Waals surface area contributed by atoms with Gasteiger partial charge in [-0.1, -0.05) is 12.1 Å². The molecule has 0 saturated carbocycles. The minimum Gasteiger partial charge on any atom is -0.495 e. The average Bonchev–Trinajstić information content (AvgIpc) is 2.48. The van der Waals surface area contributed by atoms with Crippen LogP contribution in [0.25, 0.3) is 0 Å². The molecule has 0 aromatic heterocycles. The standard InChI is InChI=1S/C14H21N3O2/c1-19-12-7-5-6-11(10-15)13(12)16-14(18)17-8-3-2-4-9-17/h5-7H,2-4,8-10,15H2,1H3,(H,16,18). The number of urea groups is 1. The molecule has 1 saturated heterocycles. The second-order valence-corrected chi connectivity index (χ2v) is 4.68. The molecule has 1 aliphatic rings. The second-order valence-electron chi connectivity index (χ2n) is 4.68. The smallest absolute Gasteiger partial charge is 0.321 e. The van der Waals surface area contributed by atoms with Crippen molar-refractivity contribution in [3.63, 3.8) is 0 Å². The van der Waals surface area contributed by atoms with Crippen LogP contribution >= 0.6 is 0 Å². The third kappa shape index (κ3) is 3.17. The summed E-state index contributed by atoms with van der Waals surface area (Å²) in [7, 11) is 1.59. The van der Waals surface area contributed by atoms with E-state index in [2.05, 4.69) is 5.32 Å². The van der Waals surface area contributed by atoms with Crippen LogP contribution in [0.15, 0.2) is 18.2 Å². The molecule has 1 aromatic carbocycles. The SMILES string of the molecule is COc1cccc(CN)c1NC(=O)N1CCCCC1. The molecule has 2 rings (SSSR count). The van der Waals surface area contributed by atoms with Gasteiger partial charge in [-0.15, -0.1) is 0 Å². The number of amides is 2. The summed E-state index contributed by atoms with van der Waals surface area (Å²) in [5.74, 6) is 0.647. The Morgan fingerprint density at radius 2 is 2.11 bits per heavy atom. The Kier molecular flexibility index (Phi) is 4.63. The highest BCUT2D eigenvalue weighted by atomic mass is 16.5. The van der Waals surface area contributed by atoms with Gasteiger partial charge in [-0.3, -0.25) is 0 Å². The van der Waals surface area contributed by atoms with Gasteiger partial charge in [0.05, 0.1) is 12.8 Å². The molecule has 1 aromatic rings. The zero-order chi connectivity index (χ0) is 13.7. The highest BCUT2D eigenvalue weighted by molar-refractivity contribution is 5.92. The van der Waals surface area contributed by atoms with E-state index in [1.165, 1.54) is 6.42 Å². The van der Waals surface area contributed by atoms with E-state index in [-0.39, 0.29) is 6.03 Å². The van der Waals surface area contributed by atoms with Gasteiger partial charge < -0.3 is 20.7 Å². The highest BCUT2D eigenvalue weighted by Gasteiger charge is 2.19. The Bertz CT molecular complexity index is 420. The fourth-order valence-electron chi connectivity index (χ4n) is 2.34. The first-order chi connectivity index (χ1) is 9.26. The number of anilines is 1. The lowest BCUT2D eigenvalue weighted by molar-refractivity contribution is 0.200. The first-order valence-corrected chi connectivity index (χ1v) is 6.68. The largest absolute Gasteiger partial charge is 0.495 e. The molecule has 0 spiro atoms. The molecule has 0 unspecified atom stereocenters. The number of piperidine rings is 1. The van der Waals surface area contributed by atoms with Crippen molar-refractivity contribution in [3.05, 3.63) is 23.8 Å². The van der Waals surface area contributed by atoms with Crippen LogP contribution in [0.2, 0.25) is 0 Å². The number of likely N-dealkylation sites (tertiary alicyclic amines) is 1. The topological polar surface area (TPSA) is 67.6 Å². The molecule has 0 radical (unpaired) electrons. The van der Waals surface area contributed by atoms with Gasteiger partial charge >= 0.3 is 6.03 Å². The molecule has 19 heavy (non-hydrogen) atoms. The summed E-state index contributed by atoms with van der Waals surface area (Å²) in [4.78, 5) is 14.1. The Morgan fingerprint density at radius 3 is 2.74 bits per heavy atom. The third-order valence-electron chi connectivity index (χ3n) is 3.43. The van der Waals surface area contributed by atoms with E-state index in [4.69, 9.17) is 10.5 Å². The molecule has 1 heterocycles. The molecule has 0 bridgehead atoms. The second kappa shape index (κ2) is 6.43. The van der Waals surface area contributed by atoms with Crippen LogP contribution in [0.4, 0.5) is 10.5 Å². The molecule has 1 fully saturated rings. The van der Waals surface area contributed by atoms with Crippen LogP contribution in [-0.4, -0.2) is 31.1 Å². The van der Waals surface area contributed by atoms with E-state index in [0.29, 0.717) is 18.0 Å². The summed E-state index contributed by atoms with van der Waals surface area (Å²) in [6, 6.07) is 5.52. The lowest BCUT2D eigenvalue weighted by atomic mass is 10.1. The normalized spacial score (nSPS) is 15.2. The first kappa shape index (κ1) is 13.7. The zero-order valence-corrected chi connectivity index (χ0v) is 11.3. The number of hydrogen-bond acceptors (Lipinski definition) is 3. The van der Waals surface area contributed by atoms with Crippen LogP contribution in [0, 0.1) is 0 Å². The third-order valence-corrected chi connectivity index (χ3v) is 3.43. The maximum Gasteiger partial charge on any atom is 0.321 e. The molecule has 3 N–H and O–H groups in total. The molecule has 5 nitrogen and oxygen atoms in total. The number of benzene rings is 1. The van der Waals surface area contributed by atoms with Gasteiger partial charge in [0.25, 0.3) is 0 Å². The van der Waals surface area contributed by atoms with Crippen molar-refractivity contribution in [3.8, 4) is 5.75 Å².